The summed E-state index contributed by atoms with van der Waals surface area (Å²) < 4.78 is 27.8. The molecule has 0 fully saturated rings. The molecule has 10 nitrogen and oxygen atoms in total. The van der Waals surface area contributed by atoms with Crippen molar-refractivity contribution in [3.63, 3.8) is 0 Å². The van der Waals surface area contributed by atoms with Gasteiger partial charge in [0.25, 0.3) is 0 Å². The van der Waals surface area contributed by atoms with Crippen LogP contribution in [0, 0.1) is 0 Å². The van der Waals surface area contributed by atoms with Gasteiger partial charge in [0.05, 0.1) is 27.0 Å². The highest BCUT2D eigenvalue weighted by atomic mass is 79.9. The molecule has 0 radical (unpaired) electrons. The van der Waals surface area contributed by atoms with Gasteiger partial charge >= 0.3 is 17.9 Å². The summed E-state index contributed by atoms with van der Waals surface area (Å²) in [5.41, 5.74) is 0.979. The topological polar surface area (TPSA) is 115 Å². The smallest absolute Gasteiger partial charge is 0.357 e. The molecule has 35 heavy (non-hydrogen) atoms. The summed E-state index contributed by atoms with van der Waals surface area (Å²) in [6.45, 7) is 1.47. The number of rotatable bonds is 9. The molecule has 0 aliphatic carbocycles. The fourth-order valence-electron chi connectivity index (χ4n) is 3.27. The van der Waals surface area contributed by atoms with Gasteiger partial charge in [-0.1, -0.05) is 18.2 Å². The Morgan fingerprint density at radius 1 is 0.943 bits per heavy atom. The van der Waals surface area contributed by atoms with Crippen LogP contribution in [0.2, 0.25) is 0 Å². The van der Waals surface area contributed by atoms with Crippen LogP contribution in [0.5, 0.6) is 11.5 Å². The van der Waals surface area contributed by atoms with Crippen LogP contribution in [0.3, 0.4) is 0 Å². The van der Waals surface area contributed by atoms with Gasteiger partial charge in [-0.2, -0.15) is 5.10 Å². The van der Waals surface area contributed by atoms with Gasteiger partial charge in [0.2, 0.25) is 0 Å². The van der Waals surface area contributed by atoms with Gasteiger partial charge in [-0.3, -0.25) is 4.79 Å². The number of methoxy groups -OCH3 is 3. The van der Waals surface area contributed by atoms with E-state index < -0.39 is 17.9 Å². The predicted molar refractivity (Wildman–Crippen MR) is 128 cm³/mol. The second-order valence-corrected chi connectivity index (χ2v) is 7.83. The maximum atomic E-state index is 12.9. The van der Waals surface area contributed by atoms with Gasteiger partial charge < -0.3 is 23.7 Å². The average Bonchev–Trinajstić information content (AvgIpc) is 3.26. The van der Waals surface area contributed by atoms with E-state index in [0.717, 1.165) is 0 Å². The monoisotopic (exact) mass is 546 g/mol. The lowest BCUT2D eigenvalue weighted by atomic mass is 10.0. The fourth-order valence-corrected chi connectivity index (χ4v) is 3.78. The number of para-hydroxylation sites is 1. The van der Waals surface area contributed by atoms with Crippen molar-refractivity contribution in [1.82, 2.24) is 9.78 Å². The molecule has 11 heteroatoms. The minimum atomic E-state index is -0.768. The lowest BCUT2D eigenvalue weighted by molar-refractivity contribution is -0.141. The van der Waals surface area contributed by atoms with Crippen LogP contribution in [-0.2, 0) is 19.0 Å². The van der Waals surface area contributed by atoms with Crippen molar-refractivity contribution in [1.29, 1.82) is 0 Å². The van der Waals surface area contributed by atoms with Gasteiger partial charge in [-0.25, -0.2) is 14.3 Å². The van der Waals surface area contributed by atoms with Crippen LogP contribution in [-0.4, -0.2) is 62.2 Å². The van der Waals surface area contributed by atoms with Crippen molar-refractivity contribution in [3.05, 3.63) is 58.2 Å². The number of carbonyl (C=O) groups is 3. The van der Waals surface area contributed by atoms with Gasteiger partial charge in [-0.15, -0.1) is 0 Å². The Bertz CT molecular complexity index is 1240. The molecule has 2 aromatic carbocycles. The molecule has 0 aliphatic heterocycles. The summed E-state index contributed by atoms with van der Waals surface area (Å²) in [5, 5.41) is 4.58. The molecule has 0 bridgehead atoms. The predicted octanol–water partition coefficient (Wildman–Crippen LogP) is 3.83. The fraction of sp³-hybridized carbons (Fsp3) is 0.250. The molecule has 0 unspecified atom stereocenters. The first-order chi connectivity index (χ1) is 16.8. The maximum absolute atomic E-state index is 12.9. The van der Waals surface area contributed by atoms with Crippen LogP contribution in [0.1, 0.15) is 27.8 Å². The third kappa shape index (κ3) is 5.62. The normalized spacial score (nSPS) is 10.4. The van der Waals surface area contributed by atoms with Crippen molar-refractivity contribution >= 4 is 33.8 Å². The lowest BCUT2D eigenvalue weighted by Gasteiger charge is -2.14. The van der Waals surface area contributed by atoms with Crippen molar-refractivity contribution in [3.8, 4) is 28.4 Å². The van der Waals surface area contributed by atoms with Gasteiger partial charge in [0.15, 0.2) is 17.2 Å². The zero-order valence-electron chi connectivity index (χ0n) is 19.5. The van der Waals surface area contributed by atoms with Crippen LogP contribution in [0.15, 0.2) is 46.9 Å². The number of benzene rings is 2. The second-order valence-electron chi connectivity index (χ2n) is 6.97. The first-order valence-corrected chi connectivity index (χ1v) is 11.1. The third-order valence-electron chi connectivity index (χ3n) is 4.81. The standard InChI is InChI=1S/C24H23BrN2O8/c1-14(28)34-10-11-35-19-13-17(25)16(12-18(19)31-2)21-20(23(29)32-3)22(24(30)33-4)27(26-21)15-8-6-5-7-9-15/h5-9,12-13H,10-11H2,1-4H3. The molecule has 3 rings (SSSR count). The molecule has 0 aliphatic rings. The van der Waals surface area contributed by atoms with Crippen molar-refractivity contribution in [2.24, 2.45) is 0 Å². The van der Waals surface area contributed by atoms with E-state index in [2.05, 4.69) is 21.0 Å². The Hall–Kier alpha value is -3.86. The molecular formula is C24H23BrN2O8. The largest absolute Gasteiger partial charge is 0.493 e. The van der Waals surface area contributed by atoms with E-state index in [0.29, 0.717) is 27.2 Å². The SMILES string of the molecule is COC(=O)c1c(-c2cc(OC)c(OCCOC(C)=O)cc2Br)nn(-c2ccccc2)c1C(=O)OC. The molecule has 0 saturated carbocycles. The number of hydrogen-bond acceptors (Lipinski definition) is 9. The number of carbonyl (C=O) groups excluding carboxylic acids is 3. The number of ether oxygens (including phenoxy) is 5. The summed E-state index contributed by atoms with van der Waals surface area (Å²) in [6.07, 6.45) is 0. The minimum Gasteiger partial charge on any atom is -0.493 e. The zero-order chi connectivity index (χ0) is 25.5. The molecule has 0 spiro atoms. The molecule has 0 amide bonds. The van der Waals surface area contributed by atoms with Crippen molar-refractivity contribution in [2.75, 3.05) is 34.5 Å². The molecular weight excluding hydrogens is 524 g/mol. The number of halogens is 1. The van der Waals surface area contributed by atoms with E-state index in [9.17, 15) is 14.4 Å². The van der Waals surface area contributed by atoms with Crippen LogP contribution in [0.4, 0.5) is 0 Å². The molecule has 0 saturated heterocycles. The number of aromatic nitrogens is 2. The quantitative estimate of drug-likeness (QED) is 0.224. The van der Waals surface area contributed by atoms with Crippen LogP contribution >= 0.6 is 15.9 Å². The Kier molecular flexibility index (Phi) is 8.48. The Labute approximate surface area is 209 Å². The Balaban J connectivity index is 2.18. The van der Waals surface area contributed by atoms with E-state index in [1.165, 1.54) is 32.9 Å². The molecule has 1 aromatic heterocycles. The van der Waals surface area contributed by atoms with Gasteiger partial charge in [-0.05, 0) is 40.2 Å². The van der Waals surface area contributed by atoms with E-state index >= 15 is 0 Å². The van der Waals surface area contributed by atoms with Crippen molar-refractivity contribution < 1.29 is 38.1 Å². The number of esters is 3. The van der Waals surface area contributed by atoms with Crippen molar-refractivity contribution in [2.45, 2.75) is 6.92 Å². The van der Waals surface area contributed by atoms with Crippen LogP contribution in [0.25, 0.3) is 16.9 Å². The zero-order valence-corrected chi connectivity index (χ0v) is 21.1. The molecule has 184 valence electrons. The Morgan fingerprint density at radius 2 is 1.63 bits per heavy atom. The summed E-state index contributed by atoms with van der Waals surface area (Å²) in [7, 11) is 3.88. The maximum Gasteiger partial charge on any atom is 0.357 e. The van der Waals surface area contributed by atoms with Gasteiger partial charge in [0.1, 0.15) is 24.5 Å². The summed E-state index contributed by atoms with van der Waals surface area (Å²) >= 11 is 3.49. The average molecular weight is 547 g/mol. The molecule has 0 atom stereocenters. The molecule has 1 heterocycles. The highest BCUT2D eigenvalue weighted by Crippen LogP contribution is 2.40. The Morgan fingerprint density at radius 3 is 2.23 bits per heavy atom. The first-order valence-electron chi connectivity index (χ1n) is 10.3. The second kappa shape index (κ2) is 11.5. The molecule has 3 aromatic rings. The van der Waals surface area contributed by atoms with E-state index in [1.807, 2.05) is 6.07 Å². The summed E-state index contributed by atoms with van der Waals surface area (Å²) in [6, 6.07) is 12.1. The number of nitrogens with zero attached hydrogens (tertiary/aromatic N) is 2. The number of hydrogen-bond donors (Lipinski definition) is 0. The lowest BCUT2D eigenvalue weighted by Crippen LogP contribution is -2.15. The van der Waals surface area contributed by atoms with E-state index in [1.54, 1.807) is 36.4 Å². The van der Waals surface area contributed by atoms with E-state index in [4.69, 9.17) is 23.7 Å². The third-order valence-corrected chi connectivity index (χ3v) is 5.47. The molecule has 0 N–H and O–H groups in total. The van der Waals surface area contributed by atoms with Gasteiger partial charge in [0, 0.05) is 17.0 Å². The van der Waals surface area contributed by atoms with Crippen LogP contribution < -0.4 is 9.47 Å². The highest BCUT2D eigenvalue weighted by molar-refractivity contribution is 9.10. The summed E-state index contributed by atoms with van der Waals surface area (Å²) in [5.74, 6) is -1.25. The summed E-state index contributed by atoms with van der Waals surface area (Å²) in [4.78, 5) is 36.6. The van der Waals surface area contributed by atoms with E-state index in [-0.39, 0.29) is 30.2 Å². The first kappa shape index (κ1) is 25.8. The minimum absolute atomic E-state index is 0.0638. The highest BCUT2D eigenvalue weighted by Gasteiger charge is 2.32.